The third kappa shape index (κ3) is 4.33. The van der Waals surface area contributed by atoms with Crippen LogP contribution in [0.25, 0.3) is 22.6 Å². The van der Waals surface area contributed by atoms with E-state index in [1.165, 1.54) is 0 Å². The maximum atomic E-state index is 11.6. The van der Waals surface area contributed by atoms with Gasteiger partial charge in [-0.3, -0.25) is 9.69 Å². The van der Waals surface area contributed by atoms with Gasteiger partial charge in [0.1, 0.15) is 11.6 Å². The van der Waals surface area contributed by atoms with Gasteiger partial charge in [0.2, 0.25) is 5.89 Å². The molecule has 1 atom stereocenters. The van der Waals surface area contributed by atoms with Gasteiger partial charge in [-0.15, -0.1) is 0 Å². The lowest BCUT2D eigenvalue weighted by Gasteiger charge is -2.32. The molecule has 3 aromatic rings. The van der Waals surface area contributed by atoms with Crippen molar-refractivity contribution in [1.82, 2.24) is 9.88 Å². The third-order valence-corrected chi connectivity index (χ3v) is 8.26. The van der Waals surface area contributed by atoms with Crippen LogP contribution in [-0.2, 0) is 20.6 Å². The first-order valence-corrected chi connectivity index (χ1v) is 12.6. The van der Waals surface area contributed by atoms with Gasteiger partial charge in [-0.25, -0.2) is 4.98 Å². The monoisotopic (exact) mass is 501 g/mol. The first kappa shape index (κ1) is 25.5. The molecule has 2 saturated heterocycles. The number of carboxylic acid groups (broad SMARTS) is 1. The van der Waals surface area contributed by atoms with E-state index in [-0.39, 0.29) is 0 Å². The normalized spacial score (nSPS) is 23.0. The molecule has 0 saturated carbocycles. The molecule has 0 unspecified atom stereocenters. The second kappa shape index (κ2) is 8.69. The van der Waals surface area contributed by atoms with Gasteiger partial charge in [-0.1, -0.05) is 12.1 Å². The van der Waals surface area contributed by atoms with Gasteiger partial charge in [0.05, 0.1) is 22.2 Å². The summed E-state index contributed by atoms with van der Waals surface area (Å²) in [5, 5.41) is 19.4. The Morgan fingerprint density at radius 3 is 2.51 bits per heavy atom. The molecular formula is C28H32BN3O5. The second-order valence-corrected chi connectivity index (χ2v) is 11.6. The zero-order valence-electron chi connectivity index (χ0n) is 22.2. The number of carboxylic acids is 1. The van der Waals surface area contributed by atoms with Gasteiger partial charge < -0.3 is 18.8 Å². The number of aromatic nitrogens is 1. The minimum absolute atomic E-state index is 0.409. The van der Waals surface area contributed by atoms with Crippen molar-refractivity contribution in [3.05, 3.63) is 47.0 Å². The molecular weight excluding hydrogens is 469 g/mol. The van der Waals surface area contributed by atoms with Crippen LogP contribution in [0.5, 0.6) is 0 Å². The Labute approximate surface area is 217 Å². The van der Waals surface area contributed by atoms with Crippen molar-refractivity contribution in [2.75, 3.05) is 13.1 Å². The van der Waals surface area contributed by atoms with E-state index in [2.05, 4.69) is 11.0 Å². The van der Waals surface area contributed by atoms with Crippen molar-refractivity contribution < 1.29 is 23.6 Å². The molecule has 0 spiro atoms. The fourth-order valence-corrected chi connectivity index (χ4v) is 5.12. The Hall–Kier alpha value is -3.19. The van der Waals surface area contributed by atoms with Gasteiger partial charge in [-0.05, 0) is 89.3 Å². The van der Waals surface area contributed by atoms with Crippen LogP contribution in [0.2, 0.25) is 0 Å². The molecule has 3 heterocycles. The van der Waals surface area contributed by atoms with Crippen LogP contribution >= 0.6 is 0 Å². The van der Waals surface area contributed by atoms with Crippen molar-refractivity contribution in [2.45, 2.75) is 65.7 Å². The highest BCUT2D eigenvalue weighted by Gasteiger charge is 2.52. The smallest absolute Gasteiger partial charge is 0.481 e. The number of carbonyl (C=O) groups is 1. The highest BCUT2D eigenvalue weighted by molar-refractivity contribution is 6.62. The Balaban J connectivity index is 1.47. The van der Waals surface area contributed by atoms with Crippen molar-refractivity contribution >= 4 is 29.7 Å². The van der Waals surface area contributed by atoms with Crippen LogP contribution < -0.4 is 5.46 Å². The molecule has 192 valence electrons. The molecule has 1 aromatic heterocycles. The minimum Gasteiger partial charge on any atom is -0.481 e. The topological polar surface area (TPSA) is 109 Å². The molecule has 37 heavy (non-hydrogen) atoms. The van der Waals surface area contributed by atoms with E-state index >= 15 is 0 Å². The van der Waals surface area contributed by atoms with Gasteiger partial charge in [0.15, 0.2) is 5.58 Å². The largest absolute Gasteiger partial charge is 0.495 e. The number of hydrogen-bond donors (Lipinski definition) is 1. The fraction of sp³-hybridized carbons (Fsp3) is 0.464. The van der Waals surface area contributed by atoms with Crippen LogP contribution in [0.15, 0.2) is 34.7 Å². The first-order valence-electron chi connectivity index (χ1n) is 12.6. The number of hydrogen-bond acceptors (Lipinski definition) is 7. The van der Waals surface area contributed by atoms with E-state index in [1.54, 1.807) is 13.0 Å². The summed E-state index contributed by atoms with van der Waals surface area (Å²) >= 11 is 0. The predicted octanol–water partition coefficient (Wildman–Crippen LogP) is 4.27. The van der Waals surface area contributed by atoms with Crippen molar-refractivity contribution in [2.24, 2.45) is 5.41 Å². The summed E-state index contributed by atoms with van der Waals surface area (Å²) in [6.45, 7) is 13.6. The second-order valence-electron chi connectivity index (χ2n) is 11.6. The summed E-state index contributed by atoms with van der Waals surface area (Å²) in [5.74, 6) is -0.346. The summed E-state index contributed by atoms with van der Waals surface area (Å²) in [4.78, 5) is 18.5. The van der Waals surface area contributed by atoms with Crippen LogP contribution in [-0.4, -0.2) is 52.4 Å². The van der Waals surface area contributed by atoms with Gasteiger partial charge in [0.25, 0.3) is 0 Å². The van der Waals surface area contributed by atoms with Crippen LogP contribution in [0.4, 0.5) is 0 Å². The Kier molecular flexibility index (Phi) is 5.98. The lowest BCUT2D eigenvalue weighted by molar-refractivity contribution is -0.147. The van der Waals surface area contributed by atoms with E-state index in [9.17, 15) is 15.2 Å². The fourth-order valence-electron chi connectivity index (χ4n) is 5.12. The molecule has 1 N–H and O–H groups in total. The van der Waals surface area contributed by atoms with Crippen LogP contribution in [0, 0.1) is 23.7 Å². The Morgan fingerprint density at radius 2 is 1.89 bits per heavy atom. The number of likely N-dealkylation sites (tertiary alicyclic amines) is 1. The van der Waals surface area contributed by atoms with Crippen molar-refractivity contribution in [3.63, 3.8) is 0 Å². The highest BCUT2D eigenvalue weighted by Crippen LogP contribution is 2.38. The summed E-state index contributed by atoms with van der Waals surface area (Å²) in [6.07, 6.45) is 0.599. The van der Waals surface area contributed by atoms with Crippen molar-refractivity contribution in [3.8, 4) is 17.5 Å². The maximum absolute atomic E-state index is 11.6. The number of aliphatic carboxylic acids is 1. The van der Waals surface area contributed by atoms with Crippen molar-refractivity contribution in [1.29, 1.82) is 5.26 Å². The first-order chi connectivity index (χ1) is 17.3. The number of nitrogens with zero attached hydrogens (tertiary/aromatic N) is 3. The lowest BCUT2D eigenvalue weighted by Crippen LogP contribution is -2.41. The van der Waals surface area contributed by atoms with Gasteiger partial charge in [-0.2, -0.15) is 5.26 Å². The minimum atomic E-state index is -0.776. The molecule has 0 aliphatic carbocycles. The van der Waals surface area contributed by atoms with Crippen LogP contribution in [0.1, 0.15) is 57.7 Å². The number of benzene rings is 2. The SMILES string of the molecule is Cc1c(B2OC(C)(C)C(C)(C)O2)cccc1-c1nc2cc(CN3CC[C@@](C)(C(=O)O)C3)cc(C#N)c2o1. The van der Waals surface area contributed by atoms with E-state index in [1.807, 2.05) is 58.9 Å². The molecule has 2 aliphatic heterocycles. The van der Waals surface area contributed by atoms with E-state index in [4.69, 9.17) is 18.7 Å². The molecule has 8 nitrogen and oxygen atoms in total. The average Bonchev–Trinajstić information content (AvgIpc) is 3.47. The maximum Gasteiger partial charge on any atom is 0.495 e. The molecule has 5 rings (SSSR count). The summed E-state index contributed by atoms with van der Waals surface area (Å²) < 4.78 is 18.7. The van der Waals surface area contributed by atoms with E-state index in [0.717, 1.165) is 22.2 Å². The molecule has 0 amide bonds. The summed E-state index contributed by atoms with van der Waals surface area (Å²) in [7, 11) is -0.507. The number of rotatable bonds is 5. The molecule has 0 radical (unpaired) electrons. The average molecular weight is 501 g/mol. The number of fused-ring (bicyclic) bond motifs is 1. The standard InChI is InChI=1S/C28H32BN3O5/c1-17-20(8-7-9-21(17)29-36-26(2,3)27(4,5)37-29)24-31-22-13-18(12-19(14-30)23(22)35-24)15-32-11-10-28(6,16-32)25(33)34/h7-9,12-13H,10-11,15-16H2,1-6H3,(H,33,34)/t28-/m1/s1. The molecule has 9 heteroatoms. The lowest BCUT2D eigenvalue weighted by atomic mass is 9.75. The summed E-state index contributed by atoms with van der Waals surface area (Å²) in [5.41, 5.74) is 3.37. The number of nitriles is 1. The molecule has 2 aliphatic rings. The Bertz CT molecular complexity index is 1420. The quantitative estimate of drug-likeness (QED) is 0.517. The predicted molar refractivity (Wildman–Crippen MR) is 140 cm³/mol. The summed E-state index contributed by atoms with van der Waals surface area (Å²) in [6, 6.07) is 11.8. The molecule has 2 fully saturated rings. The van der Waals surface area contributed by atoms with Gasteiger partial charge >= 0.3 is 13.1 Å². The number of oxazole rings is 1. The zero-order valence-corrected chi connectivity index (χ0v) is 22.2. The third-order valence-electron chi connectivity index (χ3n) is 8.26. The van der Waals surface area contributed by atoms with E-state index < -0.39 is 29.7 Å². The van der Waals surface area contributed by atoms with E-state index in [0.29, 0.717) is 48.6 Å². The van der Waals surface area contributed by atoms with Crippen LogP contribution in [0.3, 0.4) is 0 Å². The van der Waals surface area contributed by atoms with Gasteiger partial charge in [0, 0.05) is 18.7 Å². The highest BCUT2D eigenvalue weighted by atomic mass is 16.7. The zero-order chi connectivity index (χ0) is 26.8. The molecule has 0 bridgehead atoms. The molecule has 2 aromatic carbocycles. The Morgan fingerprint density at radius 1 is 1.19 bits per heavy atom.